The van der Waals surface area contributed by atoms with E-state index in [1.54, 1.807) is 18.1 Å². The fourth-order valence-electron chi connectivity index (χ4n) is 3.05. The van der Waals surface area contributed by atoms with Crippen molar-refractivity contribution in [2.45, 2.75) is 45.5 Å². The number of carbonyl (C=O) groups excluding carboxylic acids is 1. The number of hydrogen-bond acceptors (Lipinski definition) is 2. The van der Waals surface area contributed by atoms with Crippen molar-refractivity contribution in [1.82, 2.24) is 9.47 Å². The molecule has 0 bridgehead atoms. The zero-order valence-corrected chi connectivity index (χ0v) is 16.3. The standard InChI is InChI=1S/C21H27F3N2O2/c1-3-7-20(27)26(12-6-13-28-2)16-19-10-5-11-25(19)15-17-8-4-9-18(14-17)21(22,23)24/h4-5,8-11,14H,3,6-7,12-13,15-16H2,1-2H3. The van der Waals surface area contributed by atoms with Gasteiger partial charge in [0.25, 0.3) is 0 Å². The van der Waals surface area contributed by atoms with Crippen LogP contribution in [0, 0.1) is 0 Å². The Morgan fingerprint density at radius 2 is 2.00 bits per heavy atom. The molecule has 1 heterocycles. The summed E-state index contributed by atoms with van der Waals surface area (Å²) in [6, 6.07) is 9.08. The highest BCUT2D eigenvalue weighted by molar-refractivity contribution is 5.76. The molecule has 7 heteroatoms. The minimum Gasteiger partial charge on any atom is -0.385 e. The zero-order valence-electron chi connectivity index (χ0n) is 16.3. The van der Waals surface area contributed by atoms with Crippen molar-refractivity contribution in [1.29, 1.82) is 0 Å². The normalized spacial score (nSPS) is 11.6. The van der Waals surface area contributed by atoms with Crippen LogP contribution in [0.2, 0.25) is 0 Å². The minimum atomic E-state index is -4.36. The molecule has 0 saturated heterocycles. The maximum atomic E-state index is 12.9. The first kappa shape index (κ1) is 22.0. The quantitative estimate of drug-likeness (QED) is 0.545. The lowest BCUT2D eigenvalue weighted by Gasteiger charge is -2.23. The Balaban J connectivity index is 2.13. The third kappa shape index (κ3) is 6.41. The predicted octanol–water partition coefficient (Wildman–Crippen LogP) is 4.72. The number of nitrogens with zero attached hydrogens (tertiary/aromatic N) is 2. The summed E-state index contributed by atoms with van der Waals surface area (Å²) in [4.78, 5) is 14.2. The molecule has 2 aromatic rings. The molecule has 0 N–H and O–H groups in total. The van der Waals surface area contributed by atoms with Gasteiger partial charge in [0.05, 0.1) is 12.1 Å². The van der Waals surface area contributed by atoms with E-state index in [0.717, 1.165) is 24.6 Å². The molecule has 4 nitrogen and oxygen atoms in total. The highest BCUT2D eigenvalue weighted by Crippen LogP contribution is 2.29. The van der Waals surface area contributed by atoms with Gasteiger partial charge in [0.15, 0.2) is 0 Å². The van der Waals surface area contributed by atoms with Gasteiger partial charge in [0.1, 0.15) is 0 Å². The van der Waals surface area contributed by atoms with E-state index in [1.165, 1.54) is 12.1 Å². The number of halogens is 3. The van der Waals surface area contributed by atoms with Gasteiger partial charge in [-0.25, -0.2) is 0 Å². The summed E-state index contributed by atoms with van der Waals surface area (Å²) >= 11 is 0. The third-order valence-corrected chi connectivity index (χ3v) is 4.48. The average Bonchev–Trinajstić information content (AvgIpc) is 3.07. The van der Waals surface area contributed by atoms with Crippen LogP contribution >= 0.6 is 0 Å². The van der Waals surface area contributed by atoms with Gasteiger partial charge in [-0.2, -0.15) is 13.2 Å². The van der Waals surface area contributed by atoms with E-state index in [-0.39, 0.29) is 5.91 Å². The fourth-order valence-corrected chi connectivity index (χ4v) is 3.05. The molecule has 0 unspecified atom stereocenters. The monoisotopic (exact) mass is 396 g/mol. The van der Waals surface area contributed by atoms with Crippen LogP contribution in [0.15, 0.2) is 42.6 Å². The maximum Gasteiger partial charge on any atom is 0.416 e. The molecular weight excluding hydrogens is 369 g/mol. The average molecular weight is 396 g/mol. The van der Waals surface area contributed by atoms with E-state index < -0.39 is 11.7 Å². The number of amides is 1. The molecule has 1 amide bonds. The van der Waals surface area contributed by atoms with Gasteiger partial charge in [0.2, 0.25) is 5.91 Å². The van der Waals surface area contributed by atoms with Crippen molar-refractivity contribution in [2.75, 3.05) is 20.3 Å². The largest absolute Gasteiger partial charge is 0.416 e. The van der Waals surface area contributed by atoms with Crippen LogP contribution in [0.25, 0.3) is 0 Å². The van der Waals surface area contributed by atoms with Crippen molar-refractivity contribution in [3.05, 3.63) is 59.4 Å². The Labute approximate surface area is 163 Å². The molecular formula is C21H27F3N2O2. The van der Waals surface area contributed by atoms with Gasteiger partial charge in [-0.15, -0.1) is 0 Å². The molecule has 0 aliphatic carbocycles. The minimum absolute atomic E-state index is 0.0745. The number of carbonyl (C=O) groups is 1. The third-order valence-electron chi connectivity index (χ3n) is 4.48. The van der Waals surface area contributed by atoms with Crippen molar-refractivity contribution < 1.29 is 22.7 Å². The second-order valence-corrected chi connectivity index (χ2v) is 6.74. The van der Waals surface area contributed by atoms with Crippen LogP contribution in [0.1, 0.15) is 43.0 Å². The van der Waals surface area contributed by atoms with Crippen LogP contribution in [0.5, 0.6) is 0 Å². The number of hydrogen-bond donors (Lipinski definition) is 0. The lowest BCUT2D eigenvalue weighted by atomic mass is 10.1. The van der Waals surface area contributed by atoms with Gasteiger partial charge in [-0.1, -0.05) is 19.1 Å². The van der Waals surface area contributed by atoms with Gasteiger partial charge in [0, 0.05) is 45.1 Å². The van der Waals surface area contributed by atoms with Crippen molar-refractivity contribution >= 4 is 5.91 Å². The van der Waals surface area contributed by atoms with Gasteiger partial charge in [-0.05, 0) is 42.7 Å². The molecule has 0 radical (unpaired) electrons. The van der Waals surface area contributed by atoms with E-state index in [9.17, 15) is 18.0 Å². The van der Waals surface area contributed by atoms with E-state index in [1.807, 2.05) is 29.8 Å². The van der Waals surface area contributed by atoms with E-state index >= 15 is 0 Å². The summed E-state index contributed by atoms with van der Waals surface area (Å²) in [5.41, 5.74) is 0.801. The molecule has 154 valence electrons. The Bertz CT molecular complexity index is 756. The summed E-state index contributed by atoms with van der Waals surface area (Å²) in [6.45, 7) is 3.86. The van der Waals surface area contributed by atoms with Crippen molar-refractivity contribution in [2.24, 2.45) is 0 Å². The van der Waals surface area contributed by atoms with E-state index in [0.29, 0.717) is 38.2 Å². The van der Waals surface area contributed by atoms with Crippen LogP contribution in [0.3, 0.4) is 0 Å². The van der Waals surface area contributed by atoms with Crippen LogP contribution in [-0.2, 0) is 28.8 Å². The molecule has 2 rings (SSSR count). The van der Waals surface area contributed by atoms with Crippen LogP contribution in [-0.4, -0.2) is 35.6 Å². The Morgan fingerprint density at radius 1 is 1.21 bits per heavy atom. The summed E-state index contributed by atoms with van der Waals surface area (Å²) < 4.78 is 45.8. The molecule has 0 aliphatic rings. The molecule has 0 aliphatic heterocycles. The molecule has 0 saturated carbocycles. The van der Waals surface area contributed by atoms with Crippen LogP contribution < -0.4 is 0 Å². The highest BCUT2D eigenvalue weighted by atomic mass is 19.4. The summed E-state index contributed by atoms with van der Waals surface area (Å²) in [7, 11) is 1.62. The number of aromatic nitrogens is 1. The molecule has 0 spiro atoms. The first-order valence-corrected chi connectivity index (χ1v) is 9.42. The van der Waals surface area contributed by atoms with Crippen molar-refractivity contribution in [3.63, 3.8) is 0 Å². The summed E-state index contributed by atoms with van der Waals surface area (Å²) in [6.07, 6.45) is -0.556. The number of ether oxygens (including phenoxy) is 1. The number of benzene rings is 1. The van der Waals surface area contributed by atoms with Crippen molar-refractivity contribution in [3.8, 4) is 0 Å². The summed E-state index contributed by atoms with van der Waals surface area (Å²) in [5.74, 6) is 0.0745. The molecule has 0 atom stereocenters. The predicted molar refractivity (Wildman–Crippen MR) is 102 cm³/mol. The molecule has 0 fully saturated rings. The van der Waals surface area contributed by atoms with Crippen LogP contribution in [0.4, 0.5) is 13.2 Å². The topological polar surface area (TPSA) is 34.5 Å². The second-order valence-electron chi connectivity index (χ2n) is 6.74. The SMILES string of the molecule is CCCC(=O)N(CCCOC)Cc1cccn1Cc1cccc(C(F)(F)F)c1. The van der Waals surface area contributed by atoms with Gasteiger partial charge in [-0.3, -0.25) is 4.79 Å². The zero-order chi connectivity index (χ0) is 20.6. The number of alkyl halides is 3. The van der Waals surface area contributed by atoms with Gasteiger partial charge < -0.3 is 14.2 Å². The number of rotatable bonds is 10. The van der Waals surface area contributed by atoms with Gasteiger partial charge >= 0.3 is 6.18 Å². The molecule has 1 aromatic heterocycles. The second kappa shape index (κ2) is 10.3. The van der Waals surface area contributed by atoms with E-state index in [4.69, 9.17) is 4.74 Å². The molecule has 28 heavy (non-hydrogen) atoms. The highest BCUT2D eigenvalue weighted by Gasteiger charge is 2.30. The fraction of sp³-hybridized carbons (Fsp3) is 0.476. The Morgan fingerprint density at radius 3 is 2.68 bits per heavy atom. The van der Waals surface area contributed by atoms with E-state index in [2.05, 4.69) is 0 Å². The molecule has 1 aromatic carbocycles. The first-order valence-electron chi connectivity index (χ1n) is 9.42. The number of methoxy groups -OCH3 is 1. The lowest BCUT2D eigenvalue weighted by molar-refractivity contribution is -0.137. The lowest BCUT2D eigenvalue weighted by Crippen LogP contribution is -2.32. The smallest absolute Gasteiger partial charge is 0.385 e. The Kier molecular flexibility index (Phi) is 8.11. The maximum absolute atomic E-state index is 12.9. The Hall–Kier alpha value is -2.28. The first-order chi connectivity index (χ1) is 13.3. The summed E-state index contributed by atoms with van der Waals surface area (Å²) in [5, 5.41) is 0.